The number of hydrogen-bond donors (Lipinski definition) is 1. The second kappa shape index (κ2) is 5.54. The number of rotatable bonds is 3. The highest BCUT2D eigenvalue weighted by atomic mass is 35.5. The number of carbonyl (C=O) groups is 1. The summed E-state index contributed by atoms with van der Waals surface area (Å²) in [6.07, 6.45) is 1.63. The minimum atomic E-state index is -0.214. The summed E-state index contributed by atoms with van der Waals surface area (Å²) in [7, 11) is 1.90. The van der Waals surface area contributed by atoms with Crippen LogP contribution < -0.4 is 5.32 Å². The van der Waals surface area contributed by atoms with Gasteiger partial charge in [0.25, 0.3) is 5.91 Å². The number of imidazole rings is 1. The van der Waals surface area contributed by atoms with E-state index in [1.807, 2.05) is 23.7 Å². The van der Waals surface area contributed by atoms with Gasteiger partial charge in [-0.05, 0) is 30.3 Å². The first-order valence-electron chi connectivity index (χ1n) is 6.43. The topological polar surface area (TPSA) is 59.8 Å². The molecule has 1 N–H and O–H groups in total. The lowest BCUT2D eigenvalue weighted by Crippen LogP contribution is -2.12. The van der Waals surface area contributed by atoms with Crippen LogP contribution in [0.25, 0.3) is 11.0 Å². The average molecular weight is 301 g/mol. The molecule has 0 saturated heterocycles. The number of halogens is 1. The Balaban J connectivity index is 1.92. The maximum atomic E-state index is 12.2. The van der Waals surface area contributed by atoms with Gasteiger partial charge < -0.3 is 9.88 Å². The average Bonchev–Trinajstić information content (AvgIpc) is 2.84. The van der Waals surface area contributed by atoms with E-state index in [2.05, 4.69) is 15.3 Å². The predicted octanol–water partition coefficient (Wildman–Crippen LogP) is 2.96. The van der Waals surface area contributed by atoms with Crippen molar-refractivity contribution in [2.24, 2.45) is 7.05 Å². The van der Waals surface area contributed by atoms with Gasteiger partial charge in [-0.2, -0.15) is 0 Å². The zero-order chi connectivity index (χ0) is 14.8. The van der Waals surface area contributed by atoms with E-state index in [0.717, 1.165) is 16.9 Å². The van der Waals surface area contributed by atoms with Crippen LogP contribution in [0.5, 0.6) is 0 Å². The normalized spacial score (nSPS) is 10.8. The Hall–Kier alpha value is -2.40. The lowest BCUT2D eigenvalue weighted by molar-refractivity contribution is 0.102. The standard InChI is InChI=1S/C15H13ClN4O/c1-20-12-6-5-10(8-11(12)18-14(20)9-16)15(21)19-13-4-2-3-7-17-13/h2-8H,9H2,1H3,(H,17,19,21). The van der Waals surface area contributed by atoms with Crippen LogP contribution in [-0.4, -0.2) is 20.4 Å². The number of anilines is 1. The summed E-state index contributed by atoms with van der Waals surface area (Å²) in [4.78, 5) is 20.7. The van der Waals surface area contributed by atoms with Gasteiger partial charge in [0, 0.05) is 18.8 Å². The molecule has 0 aliphatic heterocycles. The summed E-state index contributed by atoms with van der Waals surface area (Å²) in [5.74, 6) is 1.41. The molecule has 2 heterocycles. The molecule has 3 rings (SSSR count). The summed E-state index contributed by atoms with van der Waals surface area (Å²) in [6.45, 7) is 0. The summed E-state index contributed by atoms with van der Waals surface area (Å²) in [6, 6.07) is 10.7. The Morgan fingerprint density at radius 2 is 2.19 bits per heavy atom. The van der Waals surface area contributed by atoms with Crippen LogP contribution in [0, 0.1) is 0 Å². The molecule has 2 aromatic heterocycles. The van der Waals surface area contributed by atoms with E-state index in [-0.39, 0.29) is 5.91 Å². The van der Waals surface area contributed by atoms with Crippen molar-refractivity contribution in [3.8, 4) is 0 Å². The van der Waals surface area contributed by atoms with Crippen molar-refractivity contribution >= 4 is 34.4 Å². The summed E-state index contributed by atoms with van der Waals surface area (Å²) in [5, 5.41) is 2.75. The van der Waals surface area contributed by atoms with Crippen molar-refractivity contribution < 1.29 is 4.79 Å². The smallest absolute Gasteiger partial charge is 0.256 e. The molecule has 0 saturated carbocycles. The molecule has 0 fully saturated rings. The van der Waals surface area contributed by atoms with Crippen molar-refractivity contribution in [2.75, 3.05) is 5.32 Å². The minimum Gasteiger partial charge on any atom is -0.330 e. The number of nitrogens with one attached hydrogen (secondary N) is 1. The maximum Gasteiger partial charge on any atom is 0.256 e. The van der Waals surface area contributed by atoms with Gasteiger partial charge in [0.2, 0.25) is 0 Å². The molecule has 1 amide bonds. The minimum absolute atomic E-state index is 0.214. The Labute approximate surface area is 126 Å². The number of aryl methyl sites for hydroxylation is 1. The van der Waals surface area contributed by atoms with Crippen LogP contribution in [0.1, 0.15) is 16.2 Å². The first kappa shape index (κ1) is 13.6. The molecule has 0 aliphatic rings. The highest BCUT2D eigenvalue weighted by molar-refractivity contribution is 6.17. The number of hydrogen-bond acceptors (Lipinski definition) is 3. The predicted molar refractivity (Wildman–Crippen MR) is 82.5 cm³/mol. The molecule has 0 bridgehead atoms. The van der Waals surface area contributed by atoms with Gasteiger partial charge in [-0.15, -0.1) is 11.6 Å². The third kappa shape index (κ3) is 2.60. The summed E-state index contributed by atoms with van der Waals surface area (Å²) in [5.41, 5.74) is 2.23. The largest absolute Gasteiger partial charge is 0.330 e. The van der Waals surface area contributed by atoms with Crippen molar-refractivity contribution in [1.82, 2.24) is 14.5 Å². The SMILES string of the molecule is Cn1c(CCl)nc2cc(C(=O)Nc3ccccn3)ccc21. The Morgan fingerprint density at radius 1 is 1.33 bits per heavy atom. The molecular formula is C15H13ClN4O. The lowest BCUT2D eigenvalue weighted by Gasteiger charge is -2.04. The molecule has 0 aliphatic carbocycles. The van der Waals surface area contributed by atoms with E-state index in [1.165, 1.54) is 0 Å². The molecule has 1 aromatic carbocycles. The van der Waals surface area contributed by atoms with Crippen LogP contribution in [0.2, 0.25) is 0 Å². The number of benzene rings is 1. The number of pyridine rings is 1. The highest BCUT2D eigenvalue weighted by Gasteiger charge is 2.11. The van der Waals surface area contributed by atoms with E-state index < -0.39 is 0 Å². The van der Waals surface area contributed by atoms with Crippen molar-refractivity contribution in [1.29, 1.82) is 0 Å². The second-order valence-corrected chi connectivity index (χ2v) is 4.86. The van der Waals surface area contributed by atoms with Crippen molar-refractivity contribution in [3.63, 3.8) is 0 Å². The fourth-order valence-corrected chi connectivity index (χ4v) is 2.37. The van der Waals surface area contributed by atoms with E-state index in [1.54, 1.807) is 30.5 Å². The Morgan fingerprint density at radius 3 is 2.90 bits per heavy atom. The van der Waals surface area contributed by atoms with Gasteiger partial charge in [0.1, 0.15) is 11.6 Å². The number of carbonyl (C=O) groups excluding carboxylic acids is 1. The van der Waals surface area contributed by atoms with Gasteiger partial charge in [-0.3, -0.25) is 4.79 Å². The highest BCUT2D eigenvalue weighted by Crippen LogP contribution is 2.18. The third-order valence-corrected chi connectivity index (χ3v) is 3.50. The molecule has 6 heteroatoms. The third-order valence-electron chi connectivity index (χ3n) is 3.26. The van der Waals surface area contributed by atoms with Gasteiger partial charge in [0.15, 0.2) is 0 Å². The first-order chi connectivity index (χ1) is 10.2. The molecule has 3 aromatic rings. The van der Waals surface area contributed by atoms with E-state index in [0.29, 0.717) is 17.3 Å². The van der Waals surface area contributed by atoms with Crippen LogP contribution in [0.15, 0.2) is 42.6 Å². The number of fused-ring (bicyclic) bond motifs is 1. The number of amides is 1. The summed E-state index contributed by atoms with van der Waals surface area (Å²) >= 11 is 5.84. The molecule has 0 unspecified atom stereocenters. The van der Waals surface area contributed by atoms with Crippen LogP contribution >= 0.6 is 11.6 Å². The van der Waals surface area contributed by atoms with Crippen molar-refractivity contribution in [3.05, 3.63) is 54.0 Å². The zero-order valence-corrected chi connectivity index (χ0v) is 12.1. The quantitative estimate of drug-likeness (QED) is 0.757. The van der Waals surface area contributed by atoms with E-state index >= 15 is 0 Å². The van der Waals surface area contributed by atoms with Crippen molar-refractivity contribution in [2.45, 2.75) is 5.88 Å². The Kier molecular flexibility index (Phi) is 3.58. The van der Waals surface area contributed by atoms with E-state index in [4.69, 9.17) is 11.6 Å². The molecule has 0 radical (unpaired) electrons. The molecule has 5 nitrogen and oxygen atoms in total. The molecule has 21 heavy (non-hydrogen) atoms. The Bertz CT molecular complexity index is 798. The van der Waals surface area contributed by atoms with Crippen LogP contribution in [-0.2, 0) is 12.9 Å². The molecule has 0 atom stereocenters. The number of aromatic nitrogens is 3. The molecular weight excluding hydrogens is 288 g/mol. The monoisotopic (exact) mass is 300 g/mol. The van der Waals surface area contributed by atoms with Crippen LogP contribution in [0.3, 0.4) is 0 Å². The lowest BCUT2D eigenvalue weighted by atomic mass is 10.2. The van der Waals surface area contributed by atoms with Gasteiger partial charge in [-0.1, -0.05) is 6.07 Å². The van der Waals surface area contributed by atoms with Gasteiger partial charge >= 0.3 is 0 Å². The second-order valence-electron chi connectivity index (χ2n) is 4.59. The maximum absolute atomic E-state index is 12.2. The number of nitrogens with zero attached hydrogens (tertiary/aromatic N) is 3. The fraction of sp³-hybridized carbons (Fsp3) is 0.133. The van der Waals surface area contributed by atoms with E-state index in [9.17, 15) is 4.79 Å². The molecule has 106 valence electrons. The molecule has 0 spiro atoms. The summed E-state index contributed by atoms with van der Waals surface area (Å²) < 4.78 is 1.92. The van der Waals surface area contributed by atoms with Gasteiger partial charge in [-0.25, -0.2) is 9.97 Å². The van der Waals surface area contributed by atoms with Crippen LogP contribution in [0.4, 0.5) is 5.82 Å². The zero-order valence-electron chi connectivity index (χ0n) is 11.4. The number of alkyl halides is 1. The fourth-order valence-electron chi connectivity index (χ4n) is 2.14. The van der Waals surface area contributed by atoms with Gasteiger partial charge in [0.05, 0.1) is 16.9 Å². The first-order valence-corrected chi connectivity index (χ1v) is 6.96.